The molecule has 170 valence electrons. The van der Waals surface area contributed by atoms with Crippen LogP contribution >= 0.6 is 0 Å². The Kier molecular flexibility index (Phi) is 6.07. The molecule has 2 aromatic rings. The van der Waals surface area contributed by atoms with E-state index >= 15 is 0 Å². The number of carbonyl (C=O) groups is 1. The average Bonchev–Trinajstić information content (AvgIpc) is 3.13. The number of likely N-dealkylation sites (tertiary alicyclic amines) is 1. The van der Waals surface area contributed by atoms with Crippen molar-refractivity contribution >= 4 is 22.8 Å². The molecule has 2 aliphatic rings. The highest BCUT2D eigenvalue weighted by molar-refractivity contribution is 5.89. The Morgan fingerprint density at radius 3 is 2.61 bits per heavy atom. The number of pyridine rings is 1. The summed E-state index contributed by atoms with van der Waals surface area (Å²) in [5, 5.41) is 6.02. The lowest BCUT2D eigenvalue weighted by Crippen LogP contribution is -2.46. The molecule has 3 N–H and O–H groups in total. The minimum absolute atomic E-state index is 0.0278. The van der Waals surface area contributed by atoms with Gasteiger partial charge in [0.1, 0.15) is 5.82 Å². The number of halogens is 3. The Morgan fingerprint density at radius 2 is 1.97 bits per heavy atom. The minimum Gasteiger partial charge on any atom is -0.383 e. The molecule has 4 rings (SSSR count). The number of nitrogens with zero attached hydrogens (tertiary/aromatic N) is 4. The van der Waals surface area contributed by atoms with Crippen LogP contribution in [0.2, 0.25) is 0 Å². The van der Waals surface area contributed by atoms with Crippen LogP contribution < -0.4 is 5.73 Å². The van der Waals surface area contributed by atoms with Crippen molar-refractivity contribution in [1.82, 2.24) is 25.0 Å². The van der Waals surface area contributed by atoms with Gasteiger partial charge in [0.25, 0.3) is 0 Å². The Labute approximate surface area is 177 Å². The zero-order valence-corrected chi connectivity index (χ0v) is 17.4. The number of amides is 1. The van der Waals surface area contributed by atoms with Gasteiger partial charge in [-0.1, -0.05) is 6.92 Å². The number of ether oxygens (including phenoxy) is 1. The molecule has 2 aromatic heterocycles. The second-order valence-electron chi connectivity index (χ2n) is 8.34. The van der Waals surface area contributed by atoms with Crippen LogP contribution in [0.3, 0.4) is 0 Å². The Balaban J connectivity index is 1.42. The fourth-order valence-electron chi connectivity index (χ4n) is 4.46. The van der Waals surface area contributed by atoms with Crippen molar-refractivity contribution in [2.45, 2.75) is 31.9 Å². The van der Waals surface area contributed by atoms with Gasteiger partial charge in [-0.3, -0.25) is 14.8 Å². The van der Waals surface area contributed by atoms with E-state index in [9.17, 15) is 18.0 Å². The predicted octanol–water partition coefficient (Wildman–Crippen LogP) is 2.23. The quantitative estimate of drug-likeness (QED) is 0.756. The van der Waals surface area contributed by atoms with Gasteiger partial charge in [0, 0.05) is 50.3 Å². The van der Waals surface area contributed by atoms with Gasteiger partial charge in [-0.15, -0.1) is 0 Å². The molecule has 0 unspecified atom stereocenters. The van der Waals surface area contributed by atoms with E-state index in [0.717, 1.165) is 19.2 Å². The molecule has 11 heteroatoms. The van der Waals surface area contributed by atoms with Gasteiger partial charge in [-0.05, 0) is 18.9 Å². The predicted molar refractivity (Wildman–Crippen MR) is 108 cm³/mol. The van der Waals surface area contributed by atoms with Gasteiger partial charge < -0.3 is 15.4 Å². The summed E-state index contributed by atoms with van der Waals surface area (Å²) in [4.78, 5) is 21.2. The van der Waals surface area contributed by atoms with Gasteiger partial charge in [0.15, 0.2) is 5.65 Å². The average molecular weight is 440 g/mol. The summed E-state index contributed by atoms with van der Waals surface area (Å²) in [6.07, 6.45) is -3.43. The second kappa shape index (κ2) is 8.62. The van der Waals surface area contributed by atoms with Crippen LogP contribution in [0.1, 0.15) is 36.9 Å². The van der Waals surface area contributed by atoms with Crippen molar-refractivity contribution in [2.24, 2.45) is 5.92 Å². The number of H-pyrrole nitrogens is 1. The van der Waals surface area contributed by atoms with E-state index in [1.54, 1.807) is 0 Å². The molecule has 0 spiro atoms. The number of aromatic amines is 1. The summed E-state index contributed by atoms with van der Waals surface area (Å²) in [7, 11) is 0. The summed E-state index contributed by atoms with van der Waals surface area (Å²) < 4.78 is 46.1. The SMILES string of the molecule is C[C@H](CN1CCOCC1)C(=O)N1CCC(c2cc(C(F)(F)F)c3c(N)[nH]nc3n2)CC1. The first-order valence-electron chi connectivity index (χ1n) is 10.5. The highest BCUT2D eigenvalue weighted by Gasteiger charge is 2.37. The van der Waals surface area contributed by atoms with Crippen molar-refractivity contribution in [3.05, 3.63) is 17.3 Å². The van der Waals surface area contributed by atoms with Crippen molar-refractivity contribution in [2.75, 3.05) is 51.7 Å². The first-order chi connectivity index (χ1) is 14.7. The molecular formula is C20H27F3N6O2. The third-order valence-corrected chi connectivity index (χ3v) is 6.16. The number of anilines is 1. The van der Waals surface area contributed by atoms with E-state index in [1.807, 2.05) is 11.8 Å². The fraction of sp³-hybridized carbons (Fsp3) is 0.650. The zero-order chi connectivity index (χ0) is 22.2. The maximum atomic E-state index is 13.6. The van der Waals surface area contributed by atoms with E-state index in [2.05, 4.69) is 20.1 Å². The van der Waals surface area contributed by atoms with Gasteiger partial charge in [0.2, 0.25) is 5.91 Å². The summed E-state index contributed by atoms with van der Waals surface area (Å²) in [5.74, 6) is -0.351. The highest BCUT2D eigenvalue weighted by Crippen LogP contribution is 2.39. The topological polar surface area (TPSA) is 100 Å². The van der Waals surface area contributed by atoms with Gasteiger partial charge >= 0.3 is 6.18 Å². The number of fused-ring (bicyclic) bond motifs is 1. The Bertz CT molecular complexity index is 933. The lowest BCUT2D eigenvalue weighted by atomic mass is 9.91. The van der Waals surface area contributed by atoms with Crippen molar-refractivity contribution in [3.8, 4) is 0 Å². The molecule has 0 aromatic carbocycles. The van der Waals surface area contributed by atoms with E-state index in [0.29, 0.717) is 51.4 Å². The van der Waals surface area contributed by atoms with Crippen LogP contribution in [0, 0.1) is 5.92 Å². The summed E-state index contributed by atoms with van der Waals surface area (Å²) in [6, 6.07) is 1.08. The molecule has 1 atom stereocenters. The van der Waals surface area contributed by atoms with Crippen LogP contribution in [-0.2, 0) is 15.7 Å². The number of aromatic nitrogens is 3. The van der Waals surface area contributed by atoms with Gasteiger partial charge in [-0.25, -0.2) is 4.98 Å². The van der Waals surface area contributed by atoms with Gasteiger partial charge in [-0.2, -0.15) is 18.3 Å². The molecule has 0 bridgehead atoms. The van der Waals surface area contributed by atoms with E-state index in [4.69, 9.17) is 10.5 Å². The fourth-order valence-corrected chi connectivity index (χ4v) is 4.46. The number of nitrogen functional groups attached to an aromatic ring is 1. The first kappa shape index (κ1) is 21.8. The van der Waals surface area contributed by atoms with Gasteiger partial charge in [0.05, 0.1) is 24.2 Å². The van der Waals surface area contributed by atoms with Crippen molar-refractivity contribution in [1.29, 1.82) is 0 Å². The minimum atomic E-state index is -4.56. The molecule has 31 heavy (non-hydrogen) atoms. The standard InChI is InChI=1S/C20H27F3N6O2/c1-12(11-28-6-8-31-9-7-28)19(30)29-4-2-13(3-5-29)15-10-14(20(21,22)23)16-17(24)26-27-18(16)25-15/h10,12-13H,2-9,11H2,1H3,(H3,24,25,26,27)/t12-/m1/s1. The molecule has 1 amide bonds. The molecular weight excluding hydrogens is 413 g/mol. The number of hydrogen-bond acceptors (Lipinski definition) is 6. The third kappa shape index (κ3) is 4.62. The van der Waals surface area contributed by atoms with Crippen LogP contribution in [0.25, 0.3) is 11.0 Å². The molecule has 0 radical (unpaired) electrons. The lowest BCUT2D eigenvalue weighted by Gasteiger charge is -2.35. The Hall–Kier alpha value is -2.40. The van der Waals surface area contributed by atoms with Crippen LogP contribution in [0.15, 0.2) is 6.07 Å². The zero-order valence-electron chi connectivity index (χ0n) is 17.4. The number of morpholine rings is 1. The summed E-state index contributed by atoms with van der Waals surface area (Å²) in [5.41, 5.74) is 5.13. The molecule has 2 fully saturated rings. The van der Waals surface area contributed by atoms with Crippen molar-refractivity contribution < 1.29 is 22.7 Å². The third-order valence-electron chi connectivity index (χ3n) is 6.16. The number of rotatable bonds is 4. The molecule has 4 heterocycles. The van der Waals surface area contributed by atoms with Crippen molar-refractivity contribution in [3.63, 3.8) is 0 Å². The highest BCUT2D eigenvalue weighted by atomic mass is 19.4. The number of carbonyl (C=O) groups excluding carboxylic acids is 1. The van der Waals surface area contributed by atoms with Crippen LogP contribution in [-0.4, -0.2) is 76.8 Å². The molecule has 2 saturated heterocycles. The molecule has 0 saturated carbocycles. The van der Waals surface area contributed by atoms with Crippen LogP contribution in [0.4, 0.5) is 19.0 Å². The first-order valence-corrected chi connectivity index (χ1v) is 10.5. The largest absolute Gasteiger partial charge is 0.417 e. The molecule has 0 aliphatic carbocycles. The summed E-state index contributed by atoms with van der Waals surface area (Å²) >= 11 is 0. The van der Waals surface area contributed by atoms with E-state index < -0.39 is 11.7 Å². The number of nitrogens with one attached hydrogen (secondary N) is 1. The van der Waals surface area contributed by atoms with E-state index in [-0.39, 0.29) is 34.6 Å². The molecule has 8 nitrogen and oxygen atoms in total. The number of nitrogens with two attached hydrogens (primary N) is 1. The molecule has 2 aliphatic heterocycles. The maximum absolute atomic E-state index is 13.6. The Morgan fingerprint density at radius 1 is 1.29 bits per heavy atom. The van der Waals surface area contributed by atoms with E-state index in [1.165, 1.54) is 0 Å². The number of hydrogen-bond donors (Lipinski definition) is 2. The second-order valence-corrected chi connectivity index (χ2v) is 8.34. The number of piperidine rings is 1. The maximum Gasteiger partial charge on any atom is 0.417 e. The normalized spacial score (nSPS) is 20.3. The smallest absolute Gasteiger partial charge is 0.383 e. The van der Waals surface area contributed by atoms with Crippen LogP contribution in [0.5, 0.6) is 0 Å². The number of alkyl halides is 3. The summed E-state index contributed by atoms with van der Waals surface area (Å²) in [6.45, 7) is 6.64. The lowest BCUT2D eigenvalue weighted by molar-refractivity contribution is -0.137. The monoisotopic (exact) mass is 440 g/mol.